The molecule has 1 aromatic carbocycles. The summed E-state index contributed by atoms with van der Waals surface area (Å²) in [5.41, 5.74) is -0.285. The molecule has 0 saturated heterocycles. The van der Waals surface area contributed by atoms with Crippen LogP contribution >= 0.6 is 11.6 Å². The van der Waals surface area contributed by atoms with Crippen molar-refractivity contribution in [2.45, 2.75) is 6.18 Å². The van der Waals surface area contributed by atoms with Gasteiger partial charge in [-0.25, -0.2) is 4.98 Å². The maximum atomic E-state index is 12.9. The number of alkyl halides is 3. The summed E-state index contributed by atoms with van der Waals surface area (Å²) >= 11 is 5.59. The molecule has 2 heterocycles. The van der Waals surface area contributed by atoms with Crippen LogP contribution in [0.2, 0.25) is 5.02 Å². The summed E-state index contributed by atoms with van der Waals surface area (Å²) < 4.78 is 43.6. The van der Waals surface area contributed by atoms with Crippen LogP contribution in [-0.2, 0) is 6.18 Å². The summed E-state index contributed by atoms with van der Waals surface area (Å²) in [7, 11) is 0. The van der Waals surface area contributed by atoms with Crippen molar-refractivity contribution in [2.75, 3.05) is 10.6 Å². The Bertz CT molecular complexity index is 910. The highest BCUT2D eigenvalue weighted by molar-refractivity contribution is 6.31. The van der Waals surface area contributed by atoms with Crippen LogP contribution in [0.1, 0.15) is 16.1 Å². The highest BCUT2D eigenvalue weighted by atomic mass is 35.5. The number of nitrogens with zero attached hydrogens (tertiary/aromatic N) is 1. The fourth-order valence-corrected chi connectivity index (χ4v) is 2.34. The summed E-state index contributed by atoms with van der Waals surface area (Å²) in [6.07, 6.45) is -1.80. The predicted octanol–water partition coefficient (Wildman–Crippen LogP) is 5.34. The van der Waals surface area contributed by atoms with Crippen molar-refractivity contribution in [3.63, 3.8) is 0 Å². The molecular weight excluding hydrogens is 371 g/mol. The van der Waals surface area contributed by atoms with Gasteiger partial charge < -0.3 is 15.1 Å². The van der Waals surface area contributed by atoms with Crippen LogP contribution in [0.25, 0.3) is 0 Å². The van der Waals surface area contributed by atoms with Crippen molar-refractivity contribution in [2.24, 2.45) is 0 Å². The van der Waals surface area contributed by atoms with Gasteiger partial charge in [0.15, 0.2) is 5.76 Å². The molecule has 134 valence electrons. The average Bonchev–Trinajstić information content (AvgIpc) is 3.12. The molecule has 0 aliphatic heterocycles. The largest absolute Gasteiger partial charge is 0.459 e. The lowest BCUT2D eigenvalue weighted by Crippen LogP contribution is -2.11. The van der Waals surface area contributed by atoms with Gasteiger partial charge >= 0.3 is 6.18 Å². The Hall–Kier alpha value is -3.00. The topological polar surface area (TPSA) is 67.2 Å². The van der Waals surface area contributed by atoms with Gasteiger partial charge in [0.2, 0.25) is 0 Å². The van der Waals surface area contributed by atoms with Gasteiger partial charge in [-0.15, -0.1) is 0 Å². The first-order valence-corrected chi connectivity index (χ1v) is 7.65. The number of aromatic nitrogens is 1. The average molecular weight is 382 g/mol. The van der Waals surface area contributed by atoms with Gasteiger partial charge in [-0.05, 0) is 42.5 Å². The van der Waals surface area contributed by atoms with Crippen molar-refractivity contribution in [3.05, 3.63) is 71.3 Å². The number of hydrogen-bond acceptors (Lipinski definition) is 4. The van der Waals surface area contributed by atoms with Crippen molar-refractivity contribution in [1.82, 2.24) is 4.98 Å². The Labute approximate surface area is 150 Å². The van der Waals surface area contributed by atoms with Crippen LogP contribution < -0.4 is 10.6 Å². The number of amides is 1. The van der Waals surface area contributed by atoms with E-state index >= 15 is 0 Å². The van der Waals surface area contributed by atoms with E-state index < -0.39 is 17.6 Å². The van der Waals surface area contributed by atoms with Gasteiger partial charge in [-0.1, -0.05) is 11.6 Å². The number of carbonyl (C=O) groups excluding carboxylic acids is 1. The van der Waals surface area contributed by atoms with Crippen LogP contribution in [0.3, 0.4) is 0 Å². The fourth-order valence-electron chi connectivity index (χ4n) is 2.11. The molecule has 0 spiro atoms. The van der Waals surface area contributed by atoms with Crippen LogP contribution in [0.5, 0.6) is 0 Å². The Balaban J connectivity index is 1.71. The van der Waals surface area contributed by atoms with Gasteiger partial charge in [0.1, 0.15) is 5.82 Å². The number of rotatable bonds is 4. The molecule has 3 rings (SSSR count). The molecule has 0 saturated carbocycles. The smallest absolute Gasteiger partial charge is 0.417 e. The number of halogens is 4. The molecule has 0 bridgehead atoms. The molecule has 0 unspecified atom stereocenters. The van der Waals surface area contributed by atoms with Crippen LogP contribution in [0.15, 0.2) is 59.3 Å². The van der Waals surface area contributed by atoms with Crippen molar-refractivity contribution in [3.8, 4) is 0 Å². The van der Waals surface area contributed by atoms with Crippen molar-refractivity contribution in [1.29, 1.82) is 0 Å². The van der Waals surface area contributed by atoms with Crippen LogP contribution in [0.4, 0.5) is 30.4 Å². The lowest BCUT2D eigenvalue weighted by atomic mass is 10.2. The number of benzene rings is 1. The number of carbonyl (C=O) groups is 1. The number of furan rings is 1. The van der Waals surface area contributed by atoms with E-state index in [0.717, 1.165) is 12.1 Å². The quantitative estimate of drug-likeness (QED) is 0.640. The van der Waals surface area contributed by atoms with Gasteiger partial charge in [0.05, 0.1) is 28.7 Å². The highest BCUT2D eigenvalue weighted by Gasteiger charge is 2.33. The Morgan fingerprint density at radius 1 is 1.12 bits per heavy atom. The lowest BCUT2D eigenvalue weighted by molar-refractivity contribution is -0.137. The zero-order valence-corrected chi connectivity index (χ0v) is 13.7. The van der Waals surface area contributed by atoms with E-state index in [1.54, 1.807) is 12.1 Å². The summed E-state index contributed by atoms with van der Waals surface area (Å²) in [5.74, 6) is -0.0605. The molecular formula is C17H11ClF3N3O2. The zero-order valence-electron chi connectivity index (χ0n) is 13.0. The minimum atomic E-state index is -4.55. The zero-order chi connectivity index (χ0) is 18.7. The number of pyridine rings is 1. The van der Waals surface area contributed by atoms with Crippen molar-refractivity contribution < 1.29 is 22.4 Å². The van der Waals surface area contributed by atoms with E-state index in [4.69, 9.17) is 16.0 Å². The highest BCUT2D eigenvalue weighted by Crippen LogP contribution is 2.36. The molecule has 0 aliphatic rings. The third kappa shape index (κ3) is 4.15. The summed E-state index contributed by atoms with van der Waals surface area (Å²) in [6.45, 7) is 0. The molecule has 26 heavy (non-hydrogen) atoms. The van der Waals surface area contributed by atoms with Gasteiger partial charge in [-0.2, -0.15) is 13.2 Å². The standard InChI is InChI=1S/C17H11ClF3N3O2/c18-13-5-3-10(8-12(13)17(19,20)21)23-11-4-6-15(22-9-11)24-16(25)14-2-1-7-26-14/h1-9,23H,(H,22,24,25). The second-order valence-electron chi connectivity index (χ2n) is 5.18. The maximum absolute atomic E-state index is 12.9. The summed E-state index contributed by atoms with van der Waals surface area (Å²) in [4.78, 5) is 15.9. The molecule has 9 heteroatoms. The number of anilines is 3. The van der Waals surface area contributed by atoms with E-state index in [0.29, 0.717) is 5.69 Å². The minimum Gasteiger partial charge on any atom is -0.459 e. The summed E-state index contributed by atoms with van der Waals surface area (Å²) in [6, 6.07) is 9.65. The van der Waals surface area contributed by atoms with Crippen molar-refractivity contribution >= 4 is 34.7 Å². The first-order valence-electron chi connectivity index (χ1n) is 7.27. The molecule has 2 aromatic heterocycles. The van der Waals surface area contributed by atoms with E-state index in [2.05, 4.69) is 15.6 Å². The number of nitrogens with one attached hydrogen (secondary N) is 2. The van der Waals surface area contributed by atoms with Crippen LogP contribution in [0, 0.1) is 0 Å². The second kappa shape index (κ2) is 7.09. The van der Waals surface area contributed by atoms with E-state index in [1.165, 1.54) is 30.7 Å². The number of hydrogen-bond donors (Lipinski definition) is 2. The maximum Gasteiger partial charge on any atom is 0.417 e. The fraction of sp³-hybridized carbons (Fsp3) is 0.0588. The predicted molar refractivity (Wildman–Crippen MR) is 90.6 cm³/mol. The van der Waals surface area contributed by atoms with Gasteiger partial charge in [-0.3, -0.25) is 4.79 Å². The second-order valence-corrected chi connectivity index (χ2v) is 5.59. The molecule has 2 N–H and O–H groups in total. The molecule has 0 atom stereocenters. The Morgan fingerprint density at radius 3 is 2.50 bits per heavy atom. The third-order valence-electron chi connectivity index (χ3n) is 3.31. The first-order chi connectivity index (χ1) is 12.3. The molecule has 5 nitrogen and oxygen atoms in total. The first kappa shape index (κ1) is 17.8. The molecule has 3 aromatic rings. The lowest BCUT2D eigenvalue weighted by Gasteiger charge is -2.12. The van der Waals surface area contributed by atoms with E-state index in [9.17, 15) is 18.0 Å². The molecule has 0 aliphatic carbocycles. The van der Waals surface area contributed by atoms with Gasteiger partial charge in [0, 0.05) is 5.69 Å². The Morgan fingerprint density at radius 2 is 1.88 bits per heavy atom. The molecule has 1 amide bonds. The summed E-state index contributed by atoms with van der Waals surface area (Å²) in [5, 5.41) is 4.96. The van der Waals surface area contributed by atoms with E-state index in [-0.39, 0.29) is 22.3 Å². The van der Waals surface area contributed by atoms with Crippen LogP contribution in [-0.4, -0.2) is 10.9 Å². The monoisotopic (exact) mass is 381 g/mol. The SMILES string of the molecule is O=C(Nc1ccc(Nc2ccc(Cl)c(C(F)(F)F)c2)cn1)c1ccco1. The molecule has 0 radical (unpaired) electrons. The minimum absolute atomic E-state index is 0.134. The van der Waals surface area contributed by atoms with Gasteiger partial charge in [0.25, 0.3) is 5.91 Å². The third-order valence-corrected chi connectivity index (χ3v) is 3.64. The molecule has 0 fully saturated rings. The normalized spacial score (nSPS) is 11.2. The Kier molecular flexibility index (Phi) is 4.85. The van der Waals surface area contributed by atoms with E-state index in [1.807, 2.05) is 0 Å².